The first kappa shape index (κ1) is 34.8. The number of aryl methyl sites for hydroxylation is 1. The zero-order valence-electron chi connectivity index (χ0n) is 31.5. The van der Waals surface area contributed by atoms with Crippen molar-refractivity contribution >= 4 is 44.3 Å². The summed E-state index contributed by atoms with van der Waals surface area (Å²) in [7, 11) is 0. The van der Waals surface area contributed by atoms with Crippen molar-refractivity contribution < 1.29 is 0 Å². The Morgan fingerprint density at radius 1 is 0.607 bits per heavy atom. The van der Waals surface area contributed by atoms with Crippen LogP contribution < -0.4 is 10.6 Å². The number of nitrogens with zero attached hydrogens (tertiary/aromatic N) is 2. The lowest BCUT2D eigenvalue weighted by molar-refractivity contribution is 0.745. The third-order valence-electron chi connectivity index (χ3n) is 11.0. The summed E-state index contributed by atoms with van der Waals surface area (Å²) in [5.41, 5.74) is 18.7. The van der Waals surface area contributed by atoms with Gasteiger partial charge in [0.2, 0.25) is 0 Å². The van der Waals surface area contributed by atoms with E-state index in [9.17, 15) is 0 Å². The van der Waals surface area contributed by atoms with Gasteiger partial charge in [-0.1, -0.05) is 182 Å². The van der Waals surface area contributed by atoms with Crippen molar-refractivity contribution in [2.75, 3.05) is 4.90 Å². The van der Waals surface area contributed by atoms with E-state index < -0.39 is 0 Å². The van der Waals surface area contributed by atoms with Crippen LogP contribution in [0.3, 0.4) is 0 Å². The molecule has 2 aliphatic rings. The van der Waals surface area contributed by atoms with Gasteiger partial charge in [0.25, 0.3) is 0 Å². The summed E-state index contributed by atoms with van der Waals surface area (Å²) in [6.45, 7) is 2.70. The van der Waals surface area contributed by atoms with Gasteiger partial charge in [0, 0.05) is 23.0 Å². The molecule has 2 N–H and O–H groups in total. The quantitative estimate of drug-likeness (QED) is 0.167. The van der Waals surface area contributed by atoms with E-state index in [4.69, 9.17) is 10.7 Å². The smallest absolute Gasteiger partial charge is 0.0671 e. The number of nitrogens with two attached hydrogens (primary N) is 1. The highest BCUT2D eigenvalue weighted by atomic mass is 15.2. The normalized spacial score (nSPS) is 16.1. The largest absolute Gasteiger partial charge is 0.398 e. The van der Waals surface area contributed by atoms with Crippen molar-refractivity contribution in [3.8, 4) is 11.1 Å². The fourth-order valence-corrected chi connectivity index (χ4v) is 8.32. The van der Waals surface area contributed by atoms with Crippen LogP contribution in [-0.4, -0.2) is 11.8 Å². The Kier molecular flexibility index (Phi) is 9.57. The van der Waals surface area contributed by atoms with E-state index in [-0.39, 0.29) is 6.04 Å². The molecule has 3 nitrogen and oxygen atoms in total. The molecule has 2 atom stereocenters. The molecule has 7 aromatic carbocycles. The summed E-state index contributed by atoms with van der Waals surface area (Å²) in [5, 5.41) is 4.83. The van der Waals surface area contributed by atoms with Gasteiger partial charge in [0.05, 0.1) is 18.3 Å². The molecule has 56 heavy (non-hydrogen) atoms. The number of aliphatic imine (C=N–C) groups is 1. The van der Waals surface area contributed by atoms with E-state index in [1.54, 1.807) is 0 Å². The Morgan fingerprint density at radius 2 is 1.23 bits per heavy atom. The molecule has 270 valence electrons. The van der Waals surface area contributed by atoms with E-state index in [0.29, 0.717) is 18.2 Å². The van der Waals surface area contributed by atoms with Crippen molar-refractivity contribution in [1.29, 1.82) is 0 Å². The second-order valence-electron chi connectivity index (χ2n) is 14.5. The maximum absolute atomic E-state index is 6.64. The lowest BCUT2D eigenvalue weighted by atomic mass is 9.90. The molecular formula is C53H43N3. The Labute approximate surface area is 329 Å². The lowest BCUT2D eigenvalue weighted by Gasteiger charge is -2.28. The van der Waals surface area contributed by atoms with Crippen LogP contribution in [0, 0.1) is 6.92 Å². The second-order valence-corrected chi connectivity index (χ2v) is 14.5. The highest BCUT2D eigenvalue weighted by Gasteiger charge is 2.37. The number of anilines is 2. The Hall–Kier alpha value is -6.97. The fraction of sp³-hybridized carbons (Fsp3) is 0.0755. The van der Waals surface area contributed by atoms with Crippen LogP contribution in [0.15, 0.2) is 211 Å². The minimum absolute atomic E-state index is 0.247. The molecule has 0 amide bonds. The molecule has 0 saturated heterocycles. The summed E-state index contributed by atoms with van der Waals surface area (Å²) in [4.78, 5) is 7.71. The van der Waals surface area contributed by atoms with Gasteiger partial charge >= 0.3 is 0 Å². The first-order chi connectivity index (χ1) is 27.6. The molecule has 9 rings (SSSR count). The zero-order valence-corrected chi connectivity index (χ0v) is 31.5. The molecule has 1 aliphatic carbocycles. The van der Waals surface area contributed by atoms with Crippen molar-refractivity contribution in [1.82, 2.24) is 0 Å². The molecule has 0 saturated carbocycles. The van der Waals surface area contributed by atoms with Gasteiger partial charge in [0.15, 0.2) is 0 Å². The predicted octanol–water partition coefficient (Wildman–Crippen LogP) is 12.8. The number of fused-ring (bicyclic) bond motifs is 6. The molecule has 0 spiro atoms. The SMILES string of the molecule is Cc1cc(CN=C(/C=C(\N)c2ccccc2)c2ccccc2)cccc2c(-c3ccc4c(c3)N(c3ccccc3)C3C=CC=CC43)cccc2c2ccccc12. The summed E-state index contributed by atoms with van der Waals surface area (Å²) in [6.07, 6.45) is 11.0. The first-order valence-corrected chi connectivity index (χ1v) is 19.4. The van der Waals surface area contributed by atoms with Gasteiger partial charge in [-0.05, 0) is 91.7 Å². The Morgan fingerprint density at radius 3 is 2.02 bits per heavy atom. The first-order valence-electron chi connectivity index (χ1n) is 19.4. The van der Waals surface area contributed by atoms with Crippen LogP contribution in [0.25, 0.3) is 38.4 Å². The number of allylic oxidation sites excluding steroid dienone is 3. The van der Waals surface area contributed by atoms with Crippen LogP contribution in [0.4, 0.5) is 11.4 Å². The predicted molar refractivity (Wildman–Crippen MR) is 238 cm³/mol. The van der Waals surface area contributed by atoms with Crippen LogP contribution in [0.1, 0.15) is 33.7 Å². The van der Waals surface area contributed by atoms with Crippen molar-refractivity contribution in [3.05, 3.63) is 234 Å². The number of hydrogen-bond donors (Lipinski definition) is 1. The van der Waals surface area contributed by atoms with Crippen molar-refractivity contribution in [2.24, 2.45) is 10.7 Å². The van der Waals surface area contributed by atoms with Crippen LogP contribution in [0.5, 0.6) is 0 Å². The number of para-hydroxylation sites is 1. The summed E-state index contributed by atoms with van der Waals surface area (Å²) < 4.78 is 0. The van der Waals surface area contributed by atoms with Gasteiger partial charge < -0.3 is 10.6 Å². The fourth-order valence-electron chi connectivity index (χ4n) is 8.32. The number of benzene rings is 6. The maximum atomic E-state index is 6.64. The molecule has 7 aromatic rings. The topological polar surface area (TPSA) is 41.6 Å². The van der Waals surface area contributed by atoms with E-state index in [1.165, 1.54) is 55.2 Å². The van der Waals surface area contributed by atoms with E-state index in [1.807, 2.05) is 54.6 Å². The third-order valence-corrected chi connectivity index (χ3v) is 11.0. The van der Waals surface area contributed by atoms with Gasteiger partial charge in [-0.3, -0.25) is 4.99 Å². The molecule has 0 fully saturated rings. The molecule has 1 heterocycles. The third kappa shape index (κ3) is 6.80. The average molecular weight is 722 g/mol. The molecule has 0 radical (unpaired) electrons. The number of hydrogen-bond acceptors (Lipinski definition) is 3. The van der Waals surface area contributed by atoms with E-state index in [0.717, 1.165) is 22.4 Å². The van der Waals surface area contributed by atoms with E-state index >= 15 is 0 Å². The molecule has 0 aromatic heterocycles. The van der Waals surface area contributed by atoms with Crippen molar-refractivity contribution in [3.63, 3.8) is 0 Å². The highest BCUT2D eigenvalue weighted by molar-refractivity contribution is 6.12. The van der Waals surface area contributed by atoms with E-state index in [2.05, 4.69) is 164 Å². The summed E-state index contributed by atoms with van der Waals surface area (Å²) in [5.74, 6) is 0.313. The zero-order chi connectivity index (χ0) is 37.8. The Balaban J connectivity index is 1.19. The van der Waals surface area contributed by atoms with Gasteiger partial charge in [0.1, 0.15) is 0 Å². The second kappa shape index (κ2) is 15.4. The van der Waals surface area contributed by atoms with Crippen LogP contribution in [0.2, 0.25) is 0 Å². The minimum Gasteiger partial charge on any atom is -0.398 e. The Bertz CT molecular complexity index is 2740. The lowest BCUT2D eigenvalue weighted by Crippen LogP contribution is -2.28. The van der Waals surface area contributed by atoms with Crippen LogP contribution >= 0.6 is 0 Å². The highest BCUT2D eigenvalue weighted by Crippen LogP contribution is 2.49. The van der Waals surface area contributed by atoms with Gasteiger partial charge in [-0.15, -0.1) is 0 Å². The molecule has 2 unspecified atom stereocenters. The monoisotopic (exact) mass is 721 g/mol. The number of rotatable bonds is 7. The summed E-state index contributed by atoms with van der Waals surface area (Å²) in [6, 6.07) is 62.9. The van der Waals surface area contributed by atoms with Crippen molar-refractivity contribution in [2.45, 2.75) is 25.4 Å². The minimum atomic E-state index is 0.247. The maximum Gasteiger partial charge on any atom is 0.0671 e. The standard InChI is InChI=1S/C53H43N3/c1-37-33-38(36-55-51(40-20-7-3-8-21-40)35-50(54)39-18-5-2-6-19-39)17-15-28-46-44(27-16-29-47(46)45-25-12-11-24-43(37)45)41-31-32-49-48-26-13-14-30-52(48)56(53(49)34-41)42-22-9-4-10-23-42/h2-35,48,52H,36,54H2,1H3/b17-15?,28-15?,37-33?,38-17?,38-33?,43-37?,46-28?,47-45?,50-35-,55-51?. The molecule has 3 heteroatoms. The van der Waals surface area contributed by atoms with Gasteiger partial charge in [-0.25, -0.2) is 0 Å². The van der Waals surface area contributed by atoms with Crippen LogP contribution in [-0.2, 0) is 6.54 Å². The van der Waals surface area contributed by atoms with Gasteiger partial charge in [-0.2, -0.15) is 0 Å². The average Bonchev–Trinajstić information content (AvgIpc) is 3.59. The molecule has 1 aliphatic heterocycles. The summed E-state index contributed by atoms with van der Waals surface area (Å²) >= 11 is 0. The molecular weight excluding hydrogens is 679 g/mol. The molecule has 0 bridgehead atoms.